The van der Waals surface area contributed by atoms with Crippen molar-refractivity contribution < 1.29 is 17.9 Å². The van der Waals surface area contributed by atoms with Crippen LogP contribution in [0, 0.1) is 0 Å². The molecule has 32 heavy (non-hydrogen) atoms. The number of hydrogen-bond donors (Lipinski definition) is 1. The zero-order chi connectivity index (χ0) is 23.3. The number of para-hydroxylation sites is 1. The number of carbonyl (C=O) groups is 1. The van der Waals surface area contributed by atoms with Gasteiger partial charge in [0.1, 0.15) is 5.75 Å². The second-order valence-corrected chi connectivity index (χ2v) is 9.73. The Labute approximate surface area is 197 Å². The first-order valence-electron chi connectivity index (χ1n) is 9.61. The smallest absolute Gasteiger partial charge is 0.251 e. The summed E-state index contributed by atoms with van der Waals surface area (Å²) in [4.78, 5) is 12.6. The molecular formula is C23H22Cl2N2O4S. The first kappa shape index (κ1) is 23.9. The van der Waals surface area contributed by atoms with Crippen LogP contribution in [-0.4, -0.2) is 27.7 Å². The van der Waals surface area contributed by atoms with Gasteiger partial charge in [-0.3, -0.25) is 9.10 Å². The van der Waals surface area contributed by atoms with Gasteiger partial charge in [0.15, 0.2) is 0 Å². The summed E-state index contributed by atoms with van der Waals surface area (Å²) >= 11 is 12.4. The van der Waals surface area contributed by atoms with Gasteiger partial charge in [0, 0.05) is 33.3 Å². The second kappa shape index (κ2) is 10.3. The Morgan fingerprint density at radius 1 is 0.969 bits per heavy atom. The van der Waals surface area contributed by atoms with Crippen LogP contribution >= 0.6 is 23.2 Å². The molecule has 0 radical (unpaired) electrons. The van der Waals surface area contributed by atoms with Gasteiger partial charge in [-0.15, -0.1) is 0 Å². The van der Waals surface area contributed by atoms with E-state index in [2.05, 4.69) is 5.32 Å². The molecule has 168 valence electrons. The Morgan fingerprint density at radius 2 is 1.59 bits per heavy atom. The largest absolute Gasteiger partial charge is 0.496 e. The minimum Gasteiger partial charge on any atom is -0.496 e. The molecule has 0 aliphatic rings. The number of hydrogen-bond acceptors (Lipinski definition) is 4. The van der Waals surface area contributed by atoms with Gasteiger partial charge in [0.2, 0.25) is 10.0 Å². The van der Waals surface area contributed by atoms with Gasteiger partial charge >= 0.3 is 0 Å². The minimum absolute atomic E-state index is 0.0311. The monoisotopic (exact) mass is 492 g/mol. The van der Waals surface area contributed by atoms with Crippen LogP contribution in [0.3, 0.4) is 0 Å². The van der Waals surface area contributed by atoms with E-state index < -0.39 is 10.0 Å². The summed E-state index contributed by atoms with van der Waals surface area (Å²) < 4.78 is 31.4. The maximum Gasteiger partial charge on any atom is 0.251 e. The van der Waals surface area contributed by atoms with Gasteiger partial charge in [0.25, 0.3) is 5.91 Å². The first-order valence-corrected chi connectivity index (χ1v) is 12.2. The van der Waals surface area contributed by atoms with Crippen molar-refractivity contribution in [2.75, 3.05) is 17.7 Å². The molecular weight excluding hydrogens is 471 g/mol. The average molecular weight is 493 g/mol. The molecule has 0 unspecified atom stereocenters. The lowest BCUT2D eigenvalue weighted by molar-refractivity contribution is 0.0950. The fourth-order valence-electron chi connectivity index (χ4n) is 3.13. The number of benzene rings is 3. The zero-order valence-corrected chi connectivity index (χ0v) is 19.8. The third kappa shape index (κ3) is 5.73. The highest BCUT2D eigenvalue weighted by molar-refractivity contribution is 7.92. The van der Waals surface area contributed by atoms with Crippen LogP contribution in [0.1, 0.15) is 21.5 Å². The van der Waals surface area contributed by atoms with E-state index in [9.17, 15) is 13.2 Å². The maximum atomic E-state index is 12.6. The summed E-state index contributed by atoms with van der Waals surface area (Å²) in [6.07, 6.45) is 1.10. The zero-order valence-electron chi connectivity index (χ0n) is 17.5. The average Bonchev–Trinajstić information content (AvgIpc) is 2.77. The van der Waals surface area contributed by atoms with Crippen LogP contribution in [0.5, 0.6) is 5.75 Å². The lowest BCUT2D eigenvalue weighted by Crippen LogP contribution is -2.29. The third-order valence-corrected chi connectivity index (χ3v) is 6.66. The number of nitrogens with one attached hydrogen (secondary N) is 1. The van der Waals surface area contributed by atoms with E-state index >= 15 is 0 Å². The van der Waals surface area contributed by atoms with E-state index in [0.717, 1.165) is 11.8 Å². The Hall–Kier alpha value is -2.74. The fraction of sp³-hybridized carbons (Fsp3) is 0.174. The standard InChI is InChI=1S/C23H22Cl2N2O4S/c1-31-22-9-4-3-6-17(22)14-26-23(28)16-10-12-18(13-11-16)27(32(2,29)30)15-19-20(24)7-5-8-21(19)25/h3-13H,14-15H2,1-2H3,(H,26,28). The number of halogens is 2. The van der Waals surface area contributed by atoms with E-state index in [1.807, 2.05) is 24.3 Å². The molecule has 0 aromatic heterocycles. The highest BCUT2D eigenvalue weighted by Crippen LogP contribution is 2.29. The maximum absolute atomic E-state index is 12.6. The van der Waals surface area contributed by atoms with E-state index in [1.165, 1.54) is 4.31 Å². The summed E-state index contributed by atoms with van der Waals surface area (Å²) in [6.45, 7) is 0.266. The van der Waals surface area contributed by atoms with Crippen LogP contribution in [0.25, 0.3) is 0 Å². The molecule has 1 amide bonds. The van der Waals surface area contributed by atoms with Gasteiger partial charge in [-0.25, -0.2) is 8.42 Å². The summed E-state index contributed by atoms with van der Waals surface area (Å²) in [5.41, 5.74) is 2.14. The van der Waals surface area contributed by atoms with Crippen LogP contribution in [0.2, 0.25) is 10.0 Å². The molecule has 3 rings (SSSR count). The van der Waals surface area contributed by atoms with Crippen LogP contribution in [0.4, 0.5) is 5.69 Å². The fourth-order valence-corrected chi connectivity index (χ4v) is 4.52. The third-order valence-electron chi connectivity index (χ3n) is 4.81. The Bertz CT molecular complexity index is 1190. The number of anilines is 1. The molecule has 0 aliphatic carbocycles. The number of ether oxygens (including phenoxy) is 1. The van der Waals surface area contributed by atoms with Crippen molar-refractivity contribution in [3.8, 4) is 5.75 Å². The van der Waals surface area contributed by atoms with Gasteiger partial charge < -0.3 is 10.1 Å². The molecule has 0 saturated heterocycles. The topological polar surface area (TPSA) is 75.7 Å². The molecule has 0 saturated carbocycles. The van der Waals surface area contributed by atoms with E-state index in [1.54, 1.807) is 49.6 Å². The molecule has 6 nitrogen and oxygen atoms in total. The molecule has 1 N–H and O–H groups in total. The Balaban J connectivity index is 1.78. The lowest BCUT2D eigenvalue weighted by Gasteiger charge is -2.23. The number of methoxy groups -OCH3 is 1. The number of amides is 1. The van der Waals surface area contributed by atoms with Crippen molar-refractivity contribution in [3.63, 3.8) is 0 Å². The van der Waals surface area contributed by atoms with E-state index in [0.29, 0.717) is 39.2 Å². The highest BCUT2D eigenvalue weighted by Gasteiger charge is 2.21. The second-order valence-electron chi connectivity index (χ2n) is 7.01. The lowest BCUT2D eigenvalue weighted by atomic mass is 10.1. The molecule has 0 heterocycles. The van der Waals surface area contributed by atoms with Gasteiger partial charge in [0.05, 0.1) is 25.6 Å². The van der Waals surface area contributed by atoms with Crippen molar-refractivity contribution in [1.82, 2.24) is 5.32 Å². The summed E-state index contributed by atoms with van der Waals surface area (Å²) in [6, 6.07) is 18.7. The molecule has 0 atom stereocenters. The minimum atomic E-state index is -3.64. The molecule has 3 aromatic rings. The predicted octanol–water partition coefficient (Wildman–Crippen LogP) is 4.90. The molecule has 0 spiro atoms. The highest BCUT2D eigenvalue weighted by atomic mass is 35.5. The van der Waals surface area contributed by atoms with Crippen molar-refractivity contribution >= 4 is 44.8 Å². The molecule has 0 fully saturated rings. The van der Waals surface area contributed by atoms with Crippen molar-refractivity contribution in [1.29, 1.82) is 0 Å². The summed E-state index contributed by atoms with van der Waals surface area (Å²) in [7, 11) is -2.06. The SMILES string of the molecule is COc1ccccc1CNC(=O)c1ccc(N(Cc2c(Cl)cccc2Cl)S(C)(=O)=O)cc1. The van der Waals surface area contributed by atoms with Crippen molar-refractivity contribution in [2.45, 2.75) is 13.1 Å². The summed E-state index contributed by atoms with van der Waals surface area (Å²) in [5.74, 6) is 0.396. The number of nitrogens with zero attached hydrogens (tertiary/aromatic N) is 1. The molecule has 3 aromatic carbocycles. The number of sulfonamides is 1. The van der Waals surface area contributed by atoms with Crippen molar-refractivity contribution in [2.24, 2.45) is 0 Å². The Kier molecular flexibility index (Phi) is 7.66. The van der Waals surface area contributed by atoms with Gasteiger partial charge in [-0.05, 0) is 42.5 Å². The van der Waals surface area contributed by atoms with Crippen LogP contribution in [0.15, 0.2) is 66.7 Å². The normalized spacial score (nSPS) is 11.1. The van der Waals surface area contributed by atoms with Crippen LogP contribution in [-0.2, 0) is 23.1 Å². The van der Waals surface area contributed by atoms with E-state index in [4.69, 9.17) is 27.9 Å². The van der Waals surface area contributed by atoms with Gasteiger partial charge in [-0.2, -0.15) is 0 Å². The summed E-state index contributed by atoms with van der Waals surface area (Å²) in [5, 5.41) is 3.59. The van der Waals surface area contributed by atoms with Crippen molar-refractivity contribution in [3.05, 3.63) is 93.5 Å². The number of rotatable bonds is 8. The number of carbonyl (C=O) groups excluding carboxylic acids is 1. The quantitative estimate of drug-likeness (QED) is 0.485. The molecule has 9 heteroatoms. The first-order chi connectivity index (χ1) is 15.2. The predicted molar refractivity (Wildman–Crippen MR) is 128 cm³/mol. The van der Waals surface area contributed by atoms with E-state index in [-0.39, 0.29) is 12.5 Å². The van der Waals surface area contributed by atoms with Crippen LogP contribution < -0.4 is 14.4 Å². The molecule has 0 aliphatic heterocycles. The van der Waals surface area contributed by atoms with Gasteiger partial charge in [-0.1, -0.05) is 47.5 Å². The Morgan fingerprint density at radius 3 is 2.19 bits per heavy atom. The molecule has 0 bridgehead atoms.